The molecule has 9 nitrogen and oxygen atoms in total. The third-order valence-corrected chi connectivity index (χ3v) is 7.08. The van der Waals surface area contributed by atoms with E-state index in [4.69, 9.17) is 11.6 Å². The normalized spacial score (nSPS) is 17.3. The summed E-state index contributed by atoms with van der Waals surface area (Å²) < 4.78 is 68.7. The van der Waals surface area contributed by atoms with Gasteiger partial charge in [-0.25, -0.2) is 18.7 Å². The smallest absolute Gasteiger partial charge is 0.352 e. The topological polar surface area (TPSA) is 101 Å². The van der Waals surface area contributed by atoms with E-state index in [9.17, 15) is 26.7 Å². The van der Waals surface area contributed by atoms with Gasteiger partial charge < -0.3 is 16.0 Å². The molecule has 1 aromatic carbocycles. The molecule has 1 saturated heterocycles. The fourth-order valence-corrected chi connectivity index (χ4v) is 4.72. The number of hydrogen-bond donors (Lipinski definition) is 3. The number of fused-ring (bicyclic) bond motifs is 1. The Morgan fingerprint density at radius 2 is 2.08 bits per heavy atom. The number of aryl methyl sites for hydroxylation is 1. The molecule has 0 bridgehead atoms. The number of alkyl halides is 6. The van der Waals surface area contributed by atoms with Gasteiger partial charge in [0, 0.05) is 48.8 Å². The lowest BCUT2D eigenvalue weighted by molar-refractivity contribution is -0.141. The second-order valence-electron chi connectivity index (χ2n) is 9.25. The van der Waals surface area contributed by atoms with Crippen LogP contribution in [0.4, 0.5) is 33.5 Å². The van der Waals surface area contributed by atoms with Crippen molar-refractivity contribution in [3.8, 4) is 11.3 Å². The standard InChI is InChI=1S/C25H24ClF5N8O/c1-2-13-7-15(3-4-16(13)24(40)35-9-14-8-33-21(14)26)36-22-23-34-10-18(39(23)6-5-32-22)17-11-38(12-19(27)28)37-20(17)25(29,30)31/h3-7,10-11,14,19,21,33H,2,8-9,12H2,1H3,(H,32,36)(H,35,40). The van der Waals surface area contributed by atoms with Crippen molar-refractivity contribution in [2.45, 2.75) is 38.0 Å². The number of anilines is 2. The third kappa shape index (κ3) is 5.59. The summed E-state index contributed by atoms with van der Waals surface area (Å²) in [5.41, 5.74) is 0.243. The lowest BCUT2D eigenvalue weighted by Gasteiger charge is -2.33. The van der Waals surface area contributed by atoms with E-state index in [1.165, 1.54) is 23.0 Å². The van der Waals surface area contributed by atoms with E-state index in [1.54, 1.807) is 18.2 Å². The molecule has 0 radical (unpaired) electrons. The Morgan fingerprint density at radius 3 is 2.73 bits per heavy atom. The maximum absolute atomic E-state index is 13.7. The summed E-state index contributed by atoms with van der Waals surface area (Å²) in [5.74, 6) is 0.186. The summed E-state index contributed by atoms with van der Waals surface area (Å²) in [7, 11) is 0. The number of carbonyl (C=O) groups is 1. The number of imidazole rings is 1. The predicted molar refractivity (Wildman–Crippen MR) is 138 cm³/mol. The molecule has 2 atom stereocenters. The zero-order valence-electron chi connectivity index (χ0n) is 21.0. The Kier molecular flexibility index (Phi) is 7.64. The van der Waals surface area contributed by atoms with Crippen LogP contribution >= 0.6 is 11.6 Å². The number of rotatable bonds is 9. The lowest BCUT2D eigenvalue weighted by atomic mass is 10.0. The predicted octanol–water partition coefficient (Wildman–Crippen LogP) is 4.70. The summed E-state index contributed by atoms with van der Waals surface area (Å²) in [5, 5.41) is 12.4. The average Bonchev–Trinajstić information content (AvgIpc) is 3.52. The van der Waals surface area contributed by atoms with Gasteiger partial charge in [-0.15, -0.1) is 11.6 Å². The molecular formula is C25H24ClF5N8O. The van der Waals surface area contributed by atoms with Crippen LogP contribution in [0.5, 0.6) is 0 Å². The van der Waals surface area contributed by atoms with Crippen LogP contribution < -0.4 is 16.0 Å². The minimum atomic E-state index is -4.87. The first-order valence-corrected chi connectivity index (χ1v) is 12.8. The number of benzene rings is 1. The third-order valence-electron chi connectivity index (χ3n) is 6.57. The molecule has 5 rings (SSSR count). The molecule has 4 aromatic rings. The Bertz CT molecular complexity index is 1540. The first-order valence-electron chi connectivity index (χ1n) is 12.4. The molecule has 3 aromatic heterocycles. The molecular weight excluding hydrogens is 559 g/mol. The van der Waals surface area contributed by atoms with Gasteiger partial charge in [-0.1, -0.05) is 6.92 Å². The van der Waals surface area contributed by atoms with Crippen LogP contribution in [0.2, 0.25) is 0 Å². The van der Waals surface area contributed by atoms with Crippen LogP contribution in [0, 0.1) is 5.92 Å². The van der Waals surface area contributed by atoms with Gasteiger partial charge in [-0.05, 0) is 30.2 Å². The fourth-order valence-electron chi connectivity index (χ4n) is 4.45. The van der Waals surface area contributed by atoms with E-state index in [-0.39, 0.29) is 40.0 Å². The van der Waals surface area contributed by atoms with E-state index in [0.717, 1.165) is 18.3 Å². The number of amides is 1. The van der Waals surface area contributed by atoms with E-state index in [1.807, 2.05) is 6.92 Å². The van der Waals surface area contributed by atoms with Gasteiger partial charge in [-0.2, -0.15) is 18.3 Å². The van der Waals surface area contributed by atoms with Crippen molar-refractivity contribution < 1.29 is 26.7 Å². The number of nitrogens with one attached hydrogen (secondary N) is 3. The molecule has 0 spiro atoms. The zero-order chi connectivity index (χ0) is 28.6. The molecule has 1 fully saturated rings. The van der Waals surface area contributed by atoms with Gasteiger partial charge in [-0.3, -0.25) is 13.9 Å². The molecule has 0 aliphatic carbocycles. The van der Waals surface area contributed by atoms with Crippen LogP contribution in [0.15, 0.2) is 43.0 Å². The highest BCUT2D eigenvalue weighted by molar-refractivity contribution is 6.21. The Balaban J connectivity index is 1.42. The Labute approximate surface area is 229 Å². The SMILES string of the molecule is CCc1cc(Nc2nccn3c(-c4cn(CC(F)F)nc4C(F)(F)F)cnc23)ccc1C(=O)NCC1CNC1Cl. The van der Waals surface area contributed by atoms with Crippen LogP contribution in [0.25, 0.3) is 16.9 Å². The molecule has 212 valence electrons. The molecule has 4 heterocycles. The van der Waals surface area contributed by atoms with Crippen molar-refractivity contribution in [3.63, 3.8) is 0 Å². The fraction of sp³-hybridized carbons (Fsp3) is 0.360. The van der Waals surface area contributed by atoms with Crippen molar-refractivity contribution in [1.82, 2.24) is 34.8 Å². The first-order chi connectivity index (χ1) is 19.0. The van der Waals surface area contributed by atoms with Crippen molar-refractivity contribution in [2.24, 2.45) is 5.92 Å². The van der Waals surface area contributed by atoms with Crippen molar-refractivity contribution in [1.29, 1.82) is 0 Å². The number of nitrogens with zero attached hydrogens (tertiary/aromatic N) is 5. The van der Waals surface area contributed by atoms with Gasteiger partial charge in [0.1, 0.15) is 6.54 Å². The highest BCUT2D eigenvalue weighted by atomic mass is 35.5. The second-order valence-corrected chi connectivity index (χ2v) is 9.72. The van der Waals surface area contributed by atoms with E-state index in [0.29, 0.717) is 28.9 Å². The van der Waals surface area contributed by atoms with Crippen molar-refractivity contribution >= 4 is 34.7 Å². The van der Waals surface area contributed by atoms with Gasteiger partial charge >= 0.3 is 6.18 Å². The molecule has 1 aliphatic heterocycles. The molecule has 1 amide bonds. The van der Waals surface area contributed by atoms with Gasteiger partial charge in [0.05, 0.1) is 23.0 Å². The van der Waals surface area contributed by atoms with Crippen molar-refractivity contribution in [3.05, 3.63) is 59.8 Å². The molecule has 3 N–H and O–H groups in total. The van der Waals surface area contributed by atoms with Crippen molar-refractivity contribution in [2.75, 3.05) is 18.4 Å². The first kappa shape index (κ1) is 27.8. The van der Waals surface area contributed by atoms with E-state index < -0.39 is 24.8 Å². The largest absolute Gasteiger partial charge is 0.435 e. The molecule has 2 unspecified atom stereocenters. The summed E-state index contributed by atoms with van der Waals surface area (Å²) in [6.45, 7) is 2.12. The van der Waals surface area contributed by atoms with Crippen LogP contribution in [-0.4, -0.2) is 55.1 Å². The zero-order valence-corrected chi connectivity index (χ0v) is 21.8. The van der Waals surface area contributed by atoms with Gasteiger partial charge in [0.25, 0.3) is 12.3 Å². The summed E-state index contributed by atoms with van der Waals surface area (Å²) in [4.78, 5) is 21.3. The Hall–Kier alpha value is -3.78. The lowest BCUT2D eigenvalue weighted by Crippen LogP contribution is -2.54. The molecule has 40 heavy (non-hydrogen) atoms. The number of hydrogen-bond acceptors (Lipinski definition) is 6. The Morgan fingerprint density at radius 1 is 1.27 bits per heavy atom. The van der Waals surface area contributed by atoms with Gasteiger partial charge in [0.2, 0.25) is 0 Å². The second kappa shape index (κ2) is 11.0. The highest BCUT2D eigenvalue weighted by Gasteiger charge is 2.38. The monoisotopic (exact) mass is 582 g/mol. The van der Waals surface area contributed by atoms with Gasteiger partial charge in [0.15, 0.2) is 17.2 Å². The summed E-state index contributed by atoms with van der Waals surface area (Å²) in [6.07, 6.45) is -2.26. The number of aromatic nitrogens is 5. The molecule has 0 saturated carbocycles. The number of halogens is 6. The average molecular weight is 583 g/mol. The quantitative estimate of drug-likeness (QED) is 0.150. The van der Waals surface area contributed by atoms with E-state index >= 15 is 0 Å². The van der Waals surface area contributed by atoms with E-state index in [2.05, 4.69) is 31.0 Å². The summed E-state index contributed by atoms with van der Waals surface area (Å²) in [6, 6.07) is 5.15. The molecule has 15 heteroatoms. The highest BCUT2D eigenvalue weighted by Crippen LogP contribution is 2.37. The van der Waals surface area contributed by atoms with Crippen LogP contribution in [0.1, 0.15) is 28.5 Å². The van der Waals surface area contributed by atoms with Crippen LogP contribution in [-0.2, 0) is 19.1 Å². The maximum atomic E-state index is 13.7. The summed E-state index contributed by atoms with van der Waals surface area (Å²) >= 11 is 6.06. The van der Waals surface area contributed by atoms with Crippen LogP contribution in [0.3, 0.4) is 0 Å². The maximum Gasteiger partial charge on any atom is 0.435 e. The minimum absolute atomic E-state index is 0.00963. The minimum Gasteiger partial charge on any atom is -0.352 e. The number of carbonyl (C=O) groups excluding carboxylic acids is 1. The molecule has 1 aliphatic rings.